The molecule has 0 aliphatic carbocycles. The zero-order valence-electron chi connectivity index (χ0n) is 16.4. The number of thioether (sulfide) groups is 1. The second-order valence-electron chi connectivity index (χ2n) is 6.80. The van der Waals surface area contributed by atoms with Gasteiger partial charge < -0.3 is 4.74 Å². The fourth-order valence-corrected chi connectivity index (χ4v) is 4.30. The molecule has 0 saturated heterocycles. The zero-order valence-corrected chi connectivity index (χ0v) is 17.2. The molecule has 0 saturated carbocycles. The number of hydrogen-bond acceptors (Lipinski definition) is 5. The normalized spacial score (nSPS) is 12.3. The fourth-order valence-electron chi connectivity index (χ4n) is 3.25. The SMILES string of the molecule is COCC(C)n1c(SCc2ccc(-n3cccn3)cc2)nc2ccccc2c1=O. The summed E-state index contributed by atoms with van der Waals surface area (Å²) in [5.74, 6) is 0.712. The number of methoxy groups -OCH3 is 1. The number of aromatic nitrogens is 4. The van der Waals surface area contributed by atoms with Crippen LogP contribution < -0.4 is 5.56 Å². The van der Waals surface area contributed by atoms with Crippen LogP contribution in [0.25, 0.3) is 16.6 Å². The highest BCUT2D eigenvalue weighted by atomic mass is 32.2. The molecule has 0 amide bonds. The monoisotopic (exact) mass is 406 g/mol. The van der Waals surface area contributed by atoms with Gasteiger partial charge in [0, 0.05) is 25.3 Å². The Morgan fingerprint density at radius 2 is 1.90 bits per heavy atom. The van der Waals surface area contributed by atoms with Crippen molar-refractivity contribution < 1.29 is 4.74 Å². The fraction of sp³-hybridized carbons (Fsp3) is 0.227. The molecule has 1 atom stereocenters. The Hall–Kier alpha value is -2.90. The Labute approximate surface area is 173 Å². The molecule has 6 nitrogen and oxygen atoms in total. The van der Waals surface area contributed by atoms with Gasteiger partial charge in [0.15, 0.2) is 5.16 Å². The van der Waals surface area contributed by atoms with E-state index in [2.05, 4.69) is 17.2 Å². The Kier molecular flexibility index (Phi) is 5.78. The molecule has 29 heavy (non-hydrogen) atoms. The number of fused-ring (bicyclic) bond motifs is 1. The van der Waals surface area contributed by atoms with Gasteiger partial charge in [-0.05, 0) is 42.8 Å². The number of rotatable bonds is 7. The summed E-state index contributed by atoms with van der Waals surface area (Å²) in [5, 5.41) is 5.58. The maximum absolute atomic E-state index is 13.1. The molecular formula is C22H22N4O2S. The molecule has 4 aromatic rings. The van der Waals surface area contributed by atoms with Crippen molar-refractivity contribution in [1.29, 1.82) is 0 Å². The van der Waals surface area contributed by atoms with E-state index in [0.717, 1.165) is 16.8 Å². The van der Waals surface area contributed by atoms with E-state index >= 15 is 0 Å². The highest BCUT2D eigenvalue weighted by molar-refractivity contribution is 7.98. The van der Waals surface area contributed by atoms with Crippen molar-refractivity contribution in [2.24, 2.45) is 0 Å². The van der Waals surface area contributed by atoms with Crippen molar-refractivity contribution in [2.45, 2.75) is 23.9 Å². The summed E-state index contributed by atoms with van der Waals surface area (Å²) < 4.78 is 8.86. The van der Waals surface area contributed by atoms with Gasteiger partial charge in [-0.3, -0.25) is 9.36 Å². The van der Waals surface area contributed by atoms with Crippen molar-refractivity contribution in [2.75, 3.05) is 13.7 Å². The molecule has 0 N–H and O–H groups in total. The van der Waals surface area contributed by atoms with Crippen LogP contribution in [-0.2, 0) is 10.5 Å². The molecule has 148 valence electrons. The van der Waals surface area contributed by atoms with Gasteiger partial charge in [-0.1, -0.05) is 36.0 Å². The quantitative estimate of drug-likeness (QED) is 0.342. The van der Waals surface area contributed by atoms with E-state index in [1.54, 1.807) is 29.6 Å². The molecule has 4 rings (SSSR count). The molecule has 0 radical (unpaired) electrons. The van der Waals surface area contributed by atoms with Crippen molar-refractivity contribution in [3.63, 3.8) is 0 Å². The third-order valence-electron chi connectivity index (χ3n) is 4.70. The van der Waals surface area contributed by atoms with E-state index in [4.69, 9.17) is 9.72 Å². The standard InChI is InChI=1S/C22H22N4O2S/c1-16(14-28-2)26-21(27)19-6-3-4-7-20(19)24-22(26)29-15-17-8-10-18(11-9-17)25-13-5-12-23-25/h3-13,16H,14-15H2,1-2H3. The van der Waals surface area contributed by atoms with Gasteiger partial charge in [0.2, 0.25) is 0 Å². The molecule has 0 spiro atoms. The third-order valence-corrected chi connectivity index (χ3v) is 5.72. The lowest BCUT2D eigenvalue weighted by molar-refractivity contribution is 0.156. The van der Waals surface area contributed by atoms with Crippen molar-refractivity contribution in [3.05, 3.63) is 82.9 Å². The summed E-state index contributed by atoms with van der Waals surface area (Å²) >= 11 is 1.56. The minimum Gasteiger partial charge on any atom is -0.383 e. The van der Waals surface area contributed by atoms with Crippen LogP contribution in [0.15, 0.2) is 76.9 Å². The average molecular weight is 407 g/mol. The molecule has 0 bridgehead atoms. The second-order valence-corrected chi connectivity index (χ2v) is 7.74. The Bertz CT molecular complexity index is 1150. The van der Waals surface area contributed by atoms with E-state index in [-0.39, 0.29) is 11.6 Å². The summed E-state index contributed by atoms with van der Waals surface area (Å²) in [6.45, 7) is 2.43. The summed E-state index contributed by atoms with van der Waals surface area (Å²) in [5.41, 5.74) is 2.85. The van der Waals surface area contributed by atoms with Gasteiger partial charge in [0.1, 0.15) is 0 Å². The van der Waals surface area contributed by atoms with Gasteiger partial charge in [-0.2, -0.15) is 5.10 Å². The van der Waals surface area contributed by atoms with Crippen LogP contribution in [-0.4, -0.2) is 33.0 Å². The summed E-state index contributed by atoms with van der Waals surface area (Å²) in [6, 6.07) is 17.5. The van der Waals surface area contributed by atoms with E-state index in [1.165, 1.54) is 0 Å². The number of hydrogen-bond donors (Lipinski definition) is 0. The molecule has 2 aromatic carbocycles. The molecule has 1 unspecified atom stereocenters. The van der Waals surface area contributed by atoms with Crippen LogP contribution >= 0.6 is 11.8 Å². The molecule has 0 aliphatic rings. The van der Waals surface area contributed by atoms with Crippen molar-refractivity contribution in [3.8, 4) is 5.69 Å². The smallest absolute Gasteiger partial charge is 0.262 e. The Morgan fingerprint density at radius 3 is 2.62 bits per heavy atom. The first-order valence-electron chi connectivity index (χ1n) is 9.39. The predicted octanol–water partition coefficient (Wildman–Crippen LogP) is 4.08. The van der Waals surface area contributed by atoms with Crippen LogP contribution in [0.3, 0.4) is 0 Å². The lowest BCUT2D eigenvalue weighted by Gasteiger charge is -2.19. The minimum atomic E-state index is -0.103. The minimum absolute atomic E-state index is 0.0309. The van der Waals surface area contributed by atoms with Gasteiger partial charge in [0.05, 0.1) is 29.2 Å². The van der Waals surface area contributed by atoms with Crippen molar-refractivity contribution >= 4 is 22.7 Å². The summed E-state index contributed by atoms with van der Waals surface area (Å²) in [6.07, 6.45) is 3.67. The largest absolute Gasteiger partial charge is 0.383 e. The number of benzene rings is 2. The van der Waals surface area contributed by atoms with Gasteiger partial charge in [-0.25, -0.2) is 9.67 Å². The van der Waals surface area contributed by atoms with E-state index in [9.17, 15) is 4.79 Å². The average Bonchev–Trinajstić information content (AvgIpc) is 3.28. The van der Waals surface area contributed by atoms with Crippen LogP contribution in [0.4, 0.5) is 0 Å². The number of ether oxygens (including phenoxy) is 1. The zero-order chi connectivity index (χ0) is 20.2. The molecule has 7 heteroatoms. The topological polar surface area (TPSA) is 61.9 Å². The predicted molar refractivity (Wildman–Crippen MR) is 116 cm³/mol. The summed E-state index contributed by atoms with van der Waals surface area (Å²) in [4.78, 5) is 17.9. The first kappa shape index (κ1) is 19.4. The van der Waals surface area contributed by atoms with Crippen LogP contribution in [0.1, 0.15) is 18.5 Å². The lowest BCUT2D eigenvalue weighted by Crippen LogP contribution is -2.28. The summed E-state index contributed by atoms with van der Waals surface area (Å²) in [7, 11) is 1.64. The van der Waals surface area contributed by atoms with E-state index in [1.807, 2.05) is 60.3 Å². The van der Waals surface area contributed by atoms with Gasteiger partial charge >= 0.3 is 0 Å². The second kappa shape index (κ2) is 8.63. The van der Waals surface area contributed by atoms with Crippen LogP contribution in [0.5, 0.6) is 0 Å². The Balaban J connectivity index is 1.63. The van der Waals surface area contributed by atoms with Gasteiger partial charge in [0.25, 0.3) is 5.56 Å². The molecular weight excluding hydrogens is 384 g/mol. The van der Waals surface area contributed by atoms with Crippen molar-refractivity contribution in [1.82, 2.24) is 19.3 Å². The van der Waals surface area contributed by atoms with Gasteiger partial charge in [-0.15, -0.1) is 0 Å². The molecule has 0 aliphatic heterocycles. The van der Waals surface area contributed by atoms with Crippen LogP contribution in [0.2, 0.25) is 0 Å². The van der Waals surface area contributed by atoms with E-state index < -0.39 is 0 Å². The lowest BCUT2D eigenvalue weighted by atomic mass is 10.2. The first-order valence-corrected chi connectivity index (χ1v) is 10.4. The Morgan fingerprint density at radius 1 is 1.10 bits per heavy atom. The maximum atomic E-state index is 13.1. The molecule has 0 fully saturated rings. The molecule has 2 aromatic heterocycles. The number of para-hydroxylation sites is 1. The number of nitrogens with zero attached hydrogens (tertiary/aromatic N) is 4. The van der Waals surface area contributed by atoms with E-state index in [0.29, 0.717) is 22.9 Å². The maximum Gasteiger partial charge on any atom is 0.262 e. The third kappa shape index (κ3) is 4.11. The highest BCUT2D eigenvalue weighted by Gasteiger charge is 2.16. The molecule has 2 heterocycles. The first-order chi connectivity index (χ1) is 14.2. The highest BCUT2D eigenvalue weighted by Crippen LogP contribution is 2.25. The van der Waals surface area contributed by atoms with Crippen LogP contribution in [0, 0.1) is 0 Å².